The average molecular weight is 233 g/mol. The van der Waals surface area contributed by atoms with E-state index < -0.39 is 0 Å². The van der Waals surface area contributed by atoms with Crippen molar-refractivity contribution in [3.05, 3.63) is 35.4 Å². The standard InChI is InChI=1S/C14H19NO2/c1-10-3-5-11(6-4-10)14(12-7-8-12)15-9-13(16)17-2/h3-6,12,14-15H,7-9H2,1-2H3. The minimum Gasteiger partial charge on any atom is -0.468 e. The second-order valence-electron chi connectivity index (χ2n) is 4.68. The molecule has 1 fully saturated rings. The van der Waals surface area contributed by atoms with Crippen LogP contribution in [0, 0.1) is 12.8 Å². The van der Waals surface area contributed by atoms with Gasteiger partial charge in [0.15, 0.2) is 0 Å². The summed E-state index contributed by atoms with van der Waals surface area (Å²) in [6.07, 6.45) is 2.49. The molecule has 1 aromatic carbocycles. The average Bonchev–Trinajstić information content (AvgIpc) is 3.15. The first-order valence-corrected chi connectivity index (χ1v) is 6.07. The van der Waals surface area contributed by atoms with E-state index in [2.05, 4.69) is 41.2 Å². The Labute approximate surface area is 102 Å². The van der Waals surface area contributed by atoms with Gasteiger partial charge < -0.3 is 4.74 Å². The van der Waals surface area contributed by atoms with Crippen molar-refractivity contribution in [3.8, 4) is 0 Å². The Bertz CT molecular complexity index is 382. The number of benzene rings is 1. The van der Waals surface area contributed by atoms with E-state index in [1.807, 2.05) is 0 Å². The van der Waals surface area contributed by atoms with Gasteiger partial charge in [0.05, 0.1) is 13.7 Å². The maximum absolute atomic E-state index is 11.2. The summed E-state index contributed by atoms with van der Waals surface area (Å²) in [5, 5.41) is 3.29. The second-order valence-corrected chi connectivity index (χ2v) is 4.68. The van der Waals surface area contributed by atoms with E-state index in [0.717, 1.165) is 0 Å². The molecule has 0 spiro atoms. The molecule has 1 saturated carbocycles. The fourth-order valence-electron chi connectivity index (χ4n) is 2.03. The third kappa shape index (κ3) is 3.30. The maximum atomic E-state index is 11.2. The van der Waals surface area contributed by atoms with Gasteiger partial charge in [-0.1, -0.05) is 29.8 Å². The van der Waals surface area contributed by atoms with E-state index in [4.69, 9.17) is 0 Å². The Balaban J connectivity index is 2.01. The molecule has 0 aliphatic heterocycles. The second kappa shape index (κ2) is 5.32. The molecule has 0 heterocycles. The van der Waals surface area contributed by atoms with Gasteiger partial charge in [-0.05, 0) is 31.2 Å². The molecule has 17 heavy (non-hydrogen) atoms. The molecule has 1 aliphatic carbocycles. The van der Waals surface area contributed by atoms with Crippen LogP contribution in [0.3, 0.4) is 0 Å². The van der Waals surface area contributed by atoms with Crippen LogP contribution < -0.4 is 5.32 Å². The number of methoxy groups -OCH3 is 1. The molecule has 1 N–H and O–H groups in total. The highest BCUT2D eigenvalue weighted by Crippen LogP contribution is 2.40. The van der Waals surface area contributed by atoms with Crippen molar-refractivity contribution >= 4 is 5.97 Å². The van der Waals surface area contributed by atoms with Crippen LogP contribution in [-0.4, -0.2) is 19.6 Å². The van der Waals surface area contributed by atoms with E-state index in [9.17, 15) is 4.79 Å². The number of carbonyl (C=O) groups is 1. The highest BCUT2D eigenvalue weighted by molar-refractivity contribution is 5.71. The Morgan fingerprint density at radius 3 is 2.59 bits per heavy atom. The van der Waals surface area contributed by atoms with Crippen LogP contribution in [0.15, 0.2) is 24.3 Å². The fourth-order valence-corrected chi connectivity index (χ4v) is 2.03. The topological polar surface area (TPSA) is 38.3 Å². The Kier molecular flexibility index (Phi) is 3.79. The smallest absolute Gasteiger partial charge is 0.319 e. The minimum absolute atomic E-state index is 0.206. The van der Waals surface area contributed by atoms with Crippen LogP contribution in [0.5, 0.6) is 0 Å². The number of ether oxygens (including phenoxy) is 1. The summed E-state index contributed by atoms with van der Waals surface area (Å²) in [5.74, 6) is 0.463. The third-order valence-electron chi connectivity index (χ3n) is 3.22. The number of hydrogen-bond acceptors (Lipinski definition) is 3. The number of rotatable bonds is 5. The molecular weight excluding hydrogens is 214 g/mol. The van der Waals surface area contributed by atoms with Gasteiger partial charge in [0, 0.05) is 6.04 Å². The Morgan fingerprint density at radius 2 is 2.06 bits per heavy atom. The first-order valence-electron chi connectivity index (χ1n) is 6.07. The van der Waals surface area contributed by atoms with E-state index in [1.165, 1.54) is 31.1 Å². The number of esters is 1. The lowest BCUT2D eigenvalue weighted by atomic mass is 10.0. The van der Waals surface area contributed by atoms with Crippen molar-refractivity contribution in [1.29, 1.82) is 0 Å². The molecule has 1 unspecified atom stereocenters. The molecule has 1 aliphatic rings. The van der Waals surface area contributed by atoms with Gasteiger partial charge in [0.1, 0.15) is 0 Å². The summed E-state index contributed by atoms with van der Waals surface area (Å²) in [6, 6.07) is 8.80. The fraction of sp³-hybridized carbons (Fsp3) is 0.500. The monoisotopic (exact) mass is 233 g/mol. The van der Waals surface area contributed by atoms with Crippen LogP contribution in [0.2, 0.25) is 0 Å². The van der Waals surface area contributed by atoms with Gasteiger partial charge in [-0.25, -0.2) is 0 Å². The summed E-state index contributed by atoms with van der Waals surface area (Å²) in [5.41, 5.74) is 2.53. The molecule has 2 rings (SSSR count). The van der Waals surface area contributed by atoms with Gasteiger partial charge in [-0.15, -0.1) is 0 Å². The molecule has 0 bridgehead atoms. The summed E-state index contributed by atoms with van der Waals surface area (Å²) in [6.45, 7) is 2.36. The van der Waals surface area contributed by atoms with Crippen molar-refractivity contribution in [2.24, 2.45) is 5.92 Å². The minimum atomic E-state index is -0.206. The van der Waals surface area contributed by atoms with Crippen LogP contribution in [-0.2, 0) is 9.53 Å². The van der Waals surface area contributed by atoms with Gasteiger partial charge in [-0.2, -0.15) is 0 Å². The molecule has 0 saturated heterocycles. The normalized spacial score (nSPS) is 16.6. The Morgan fingerprint density at radius 1 is 1.41 bits per heavy atom. The zero-order valence-electron chi connectivity index (χ0n) is 10.4. The van der Waals surface area contributed by atoms with Gasteiger partial charge in [0.2, 0.25) is 0 Å². The lowest BCUT2D eigenvalue weighted by Gasteiger charge is -2.18. The predicted molar refractivity (Wildman–Crippen MR) is 66.7 cm³/mol. The molecule has 0 radical (unpaired) electrons. The molecule has 0 amide bonds. The first kappa shape index (κ1) is 12.1. The van der Waals surface area contributed by atoms with E-state index >= 15 is 0 Å². The quantitative estimate of drug-likeness (QED) is 0.792. The van der Waals surface area contributed by atoms with Crippen molar-refractivity contribution < 1.29 is 9.53 Å². The zero-order valence-corrected chi connectivity index (χ0v) is 10.4. The number of aryl methyl sites for hydroxylation is 1. The van der Waals surface area contributed by atoms with Crippen LogP contribution in [0.25, 0.3) is 0 Å². The lowest BCUT2D eigenvalue weighted by Crippen LogP contribution is -2.29. The third-order valence-corrected chi connectivity index (χ3v) is 3.22. The van der Waals surface area contributed by atoms with Crippen LogP contribution in [0.1, 0.15) is 30.0 Å². The summed E-state index contributed by atoms with van der Waals surface area (Å²) >= 11 is 0. The van der Waals surface area contributed by atoms with Crippen molar-refractivity contribution in [2.75, 3.05) is 13.7 Å². The predicted octanol–water partition coefficient (Wildman–Crippen LogP) is 2.21. The lowest BCUT2D eigenvalue weighted by molar-refractivity contribution is -0.139. The molecule has 3 nitrogen and oxygen atoms in total. The number of hydrogen-bond donors (Lipinski definition) is 1. The van der Waals surface area contributed by atoms with E-state index in [1.54, 1.807) is 0 Å². The van der Waals surface area contributed by atoms with Crippen LogP contribution in [0.4, 0.5) is 0 Å². The summed E-state index contributed by atoms with van der Waals surface area (Å²) in [4.78, 5) is 11.2. The first-order chi connectivity index (χ1) is 8.20. The number of carbonyl (C=O) groups excluding carboxylic acids is 1. The van der Waals surface area contributed by atoms with Crippen molar-refractivity contribution in [1.82, 2.24) is 5.32 Å². The van der Waals surface area contributed by atoms with Gasteiger partial charge in [0.25, 0.3) is 0 Å². The number of nitrogens with one attached hydrogen (secondary N) is 1. The maximum Gasteiger partial charge on any atom is 0.319 e. The highest BCUT2D eigenvalue weighted by atomic mass is 16.5. The molecule has 0 aromatic heterocycles. The van der Waals surface area contributed by atoms with Crippen LogP contribution >= 0.6 is 0 Å². The van der Waals surface area contributed by atoms with Gasteiger partial charge in [-0.3, -0.25) is 10.1 Å². The summed E-state index contributed by atoms with van der Waals surface area (Å²) < 4.78 is 4.65. The molecule has 1 atom stereocenters. The summed E-state index contributed by atoms with van der Waals surface area (Å²) in [7, 11) is 1.42. The van der Waals surface area contributed by atoms with Gasteiger partial charge >= 0.3 is 5.97 Å². The SMILES string of the molecule is COC(=O)CNC(c1ccc(C)cc1)C1CC1. The van der Waals surface area contributed by atoms with E-state index in [0.29, 0.717) is 5.92 Å². The zero-order chi connectivity index (χ0) is 12.3. The van der Waals surface area contributed by atoms with Crippen molar-refractivity contribution in [3.63, 3.8) is 0 Å². The van der Waals surface area contributed by atoms with Crippen molar-refractivity contribution in [2.45, 2.75) is 25.8 Å². The molecule has 92 valence electrons. The van der Waals surface area contributed by atoms with E-state index in [-0.39, 0.29) is 18.6 Å². The largest absolute Gasteiger partial charge is 0.468 e. The molecule has 3 heteroatoms. The Hall–Kier alpha value is -1.35. The highest BCUT2D eigenvalue weighted by Gasteiger charge is 2.32. The molecular formula is C14H19NO2. The molecule has 1 aromatic rings.